The van der Waals surface area contributed by atoms with E-state index in [1.807, 2.05) is 107 Å². The van der Waals surface area contributed by atoms with Gasteiger partial charge in [0.1, 0.15) is 22.5 Å². The standard InChI is InChI=1S/C34H30Cl4N4O3S.C26H30ClN3O5/c1-5-27(45-28-13-11-18(2)14-20(28)4)33(43)40-25-8-6-7-9-29(25)46-31-32(39-26-15-19(3)10-12-22(26)36)41-42(34(31)44)30-23(37)16-21(35)17-24(30)38;1-6-35-24-23(33)30(25(34)29(24)15-17-10-8-7-9-11-17)20(21(31)26(3,4)5)22(32)28-19-14-16(2)12-13-18(19)27/h6-17,27,31H,5H2,1-4H3,(H,39,41)(H,40,43);7-14,20,24H,6,15H2,1-5H3,(H,28,32). The van der Waals surface area contributed by atoms with E-state index in [-0.39, 0.29) is 51.4 Å². The van der Waals surface area contributed by atoms with Crippen LogP contribution >= 0.6 is 69.8 Å². The molecule has 6 amide bonds. The molecule has 8 rings (SSSR count). The summed E-state index contributed by atoms with van der Waals surface area (Å²) in [6.45, 7) is 16.4. The number of hydrazine groups is 1. The Kier molecular flexibility index (Phi) is 20.6. The third-order valence-electron chi connectivity index (χ3n) is 12.7. The number of nitrogens with one attached hydrogen (secondary N) is 3. The molecule has 6 aromatic carbocycles. The Morgan fingerprint density at radius 2 is 1.31 bits per heavy atom. The van der Waals surface area contributed by atoms with Crippen LogP contribution in [-0.2, 0) is 35.3 Å². The molecule has 6 aromatic rings. The van der Waals surface area contributed by atoms with E-state index in [4.69, 9.17) is 72.5 Å². The number of hydrogen-bond acceptors (Lipinski definition) is 10. The smallest absolute Gasteiger partial charge is 0.330 e. The Balaban J connectivity index is 0.000000243. The molecule has 2 aliphatic heterocycles. The minimum absolute atomic E-state index is 0.0777. The number of halogens is 5. The summed E-state index contributed by atoms with van der Waals surface area (Å²) in [6.07, 6.45) is -1.54. The van der Waals surface area contributed by atoms with Crippen LogP contribution in [0, 0.1) is 33.1 Å². The number of amides is 6. The van der Waals surface area contributed by atoms with Gasteiger partial charge >= 0.3 is 6.03 Å². The van der Waals surface area contributed by atoms with E-state index in [1.54, 1.807) is 64.1 Å². The molecule has 2 fully saturated rings. The van der Waals surface area contributed by atoms with Crippen molar-refractivity contribution in [2.75, 3.05) is 22.2 Å². The van der Waals surface area contributed by atoms with Gasteiger partial charge in [-0.25, -0.2) is 19.7 Å². The zero-order chi connectivity index (χ0) is 59.0. The van der Waals surface area contributed by atoms with Crippen LogP contribution in [0.5, 0.6) is 5.75 Å². The number of thioether (sulfide) groups is 1. The number of amidine groups is 1. The summed E-state index contributed by atoms with van der Waals surface area (Å²) in [4.78, 5) is 88.8. The van der Waals surface area contributed by atoms with Crippen molar-refractivity contribution >= 4 is 134 Å². The van der Waals surface area contributed by atoms with Crippen LogP contribution in [0.3, 0.4) is 0 Å². The summed E-state index contributed by atoms with van der Waals surface area (Å²) in [5.74, 6) is -1.92. The highest BCUT2D eigenvalue weighted by atomic mass is 35.5. The van der Waals surface area contributed by atoms with Crippen LogP contribution < -0.4 is 25.8 Å². The molecule has 0 bridgehead atoms. The number of aliphatic imine (C=N–C) groups is 1. The van der Waals surface area contributed by atoms with Crippen molar-refractivity contribution in [3.05, 3.63) is 174 Å². The second kappa shape index (κ2) is 27.0. The minimum atomic E-state index is -1.70. The van der Waals surface area contributed by atoms with Gasteiger partial charge in [0.15, 0.2) is 17.9 Å². The number of ether oxygens (including phenoxy) is 2. The van der Waals surface area contributed by atoms with E-state index in [2.05, 4.69) is 16.1 Å². The highest BCUT2D eigenvalue weighted by Gasteiger charge is 2.54. The van der Waals surface area contributed by atoms with Gasteiger partial charge in [0.05, 0.1) is 43.7 Å². The van der Waals surface area contributed by atoms with E-state index in [1.165, 1.54) is 33.8 Å². The topological polar surface area (TPSA) is 179 Å². The van der Waals surface area contributed by atoms with Crippen molar-refractivity contribution in [3.8, 4) is 5.75 Å². The largest absolute Gasteiger partial charge is 0.480 e. The van der Waals surface area contributed by atoms with Crippen molar-refractivity contribution in [3.63, 3.8) is 0 Å². The van der Waals surface area contributed by atoms with Crippen LogP contribution in [0.1, 0.15) is 68.9 Å². The molecule has 0 spiro atoms. The van der Waals surface area contributed by atoms with Gasteiger partial charge in [0.25, 0.3) is 23.6 Å². The summed E-state index contributed by atoms with van der Waals surface area (Å²) >= 11 is 33.1. The van der Waals surface area contributed by atoms with Gasteiger partial charge in [0, 0.05) is 21.9 Å². The molecule has 4 atom stereocenters. The first kappa shape index (κ1) is 62.0. The van der Waals surface area contributed by atoms with Crippen LogP contribution in [0.2, 0.25) is 25.1 Å². The SMILES string of the molecule is CCC(Oc1ccc(C)cc1C)C(=O)Nc1ccccc1SC1C(=O)N(c2c(Cl)cc(Cl)cc2Cl)NC1=Nc1cc(C)ccc1Cl.CCOC1C(=O)N(C(C(=O)Nc2cc(C)ccc2Cl)C(=O)C(C)(C)C)C(=O)N1Cc1ccccc1. The Hall–Kier alpha value is -6.63. The molecule has 424 valence electrons. The van der Waals surface area contributed by atoms with Gasteiger partial charge in [-0.1, -0.05) is 158 Å². The third-order valence-corrected chi connectivity index (χ3v) is 15.4. The van der Waals surface area contributed by atoms with Crippen LogP contribution in [0.25, 0.3) is 0 Å². The summed E-state index contributed by atoms with van der Waals surface area (Å²) in [5, 5.41) is 7.38. The van der Waals surface area contributed by atoms with Crippen molar-refractivity contribution < 1.29 is 38.2 Å². The maximum absolute atomic E-state index is 14.1. The van der Waals surface area contributed by atoms with Crippen LogP contribution in [0.4, 0.5) is 27.5 Å². The number of urea groups is 1. The van der Waals surface area contributed by atoms with E-state index in [9.17, 15) is 28.8 Å². The number of imide groups is 1. The van der Waals surface area contributed by atoms with Gasteiger partial charge < -0.3 is 20.1 Å². The fraction of sp³-hybridized carbons (Fsp3) is 0.283. The monoisotopic (exact) mass is 1210 g/mol. The summed E-state index contributed by atoms with van der Waals surface area (Å²) < 4.78 is 11.7. The van der Waals surface area contributed by atoms with Crippen molar-refractivity contribution in [2.45, 2.75) is 104 Å². The fourth-order valence-electron chi connectivity index (χ4n) is 8.60. The summed E-state index contributed by atoms with van der Waals surface area (Å²) in [5.41, 5.74) is 8.18. The maximum Gasteiger partial charge on any atom is 0.330 e. The zero-order valence-electron chi connectivity index (χ0n) is 45.8. The first-order valence-corrected chi connectivity index (χ1v) is 28.5. The predicted octanol–water partition coefficient (Wildman–Crippen LogP) is 14.2. The molecular formula is C60H60Cl5N7O8S. The number of carbonyl (C=O) groups is 6. The Morgan fingerprint density at radius 3 is 1.95 bits per heavy atom. The van der Waals surface area contributed by atoms with Gasteiger partial charge in [-0.3, -0.25) is 34.3 Å². The molecule has 0 aliphatic carbocycles. The van der Waals surface area contributed by atoms with E-state index in [0.29, 0.717) is 44.3 Å². The predicted molar refractivity (Wildman–Crippen MR) is 323 cm³/mol. The molecule has 4 unspecified atom stereocenters. The average molecular weight is 1220 g/mol. The normalized spacial score (nSPS) is 16.4. The summed E-state index contributed by atoms with van der Waals surface area (Å²) in [6, 6.07) is 33.2. The number of Topliss-reactive ketones (excluding diaryl/α,β-unsaturated/α-hetero) is 1. The molecule has 0 aromatic heterocycles. The second-order valence-electron chi connectivity index (χ2n) is 20.1. The number of nitrogens with zero attached hydrogens (tertiary/aromatic N) is 4. The fourth-order valence-corrected chi connectivity index (χ4v) is 11.0. The maximum atomic E-state index is 14.1. The van der Waals surface area contributed by atoms with Crippen LogP contribution in [-0.4, -0.2) is 81.3 Å². The number of carbonyl (C=O) groups excluding carboxylic acids is 6. The quantitative estimate of drug-likeness (QED) is 0.0588. The molecule has 2 aliphatic rings. The highest BCUT2D eigenvalue weighted by Crippen LogP contribution is 2.42. The van der Waals surface area contributed by atoms with Gasteiger partial charge in [-0.2, -0.15) is 0 Å². The van der Waals surface area contributed by atoms with Gasteiger partial charge in [-0.05, 0) is 118 Å². The lowest BCUT2D eigenvalue weighted by Crippen LogP contribution is -2.55. The number of hydrogen-bond donors (Lipinski definition) is 3. The Labute approximate surface area is 500 Å². The number of rotatable bonds is 17. The summed E-state index contributed by atoms with van der Waals surface area (Å²) in [7, 11) is 0. The molecule has 21 heteroatoms. The van der Waals surface area contributed by atoms with E-state index in [0.717, 1.165) is 32.7 Å². The zero-order valence-corrected chi connectivity index (χ0v) is 50.4. The Morgan fingerprint density at radius 1 is 0.704 bits per heavy atom. The van der Waals surface area contributed by atoms with Crippen molar-refractivity contribution in [1.29, 1.82) is 0 Å². The van der Waals surface area contributed by atoms with Crippen molar-refractivity contribution in [1.82, 2.24) is 15.2 Å². The second-order valence-corrected chi connectivity index (χ2v) is 23.3. The lowest BCUT2D eigenvalue weighted by Gasteiger charge is -2.29. The van der Waals surface area contributed by atoms with E-state index >= 15 is 0 Å². The first-order chi connectivity index (χ1) is 38.4. The minimum Gasteiger partial charge on any atom is -0.480 e. The molecular weight excluding hydrogens is 1160 g/mol. The lowest BCUT2D eigenvalue weighted by atomic mass is 9.85. The molecule has 15 nitrogen and oxygen atoms in total. The van der Waals surface area contributed by atoms with Gasteiger partial charge in [0.2, 0.25) is 6.23 Å². The van der Waals surface area contributed by atoms with E-state index < -0.39 is 52.7 Å². The first-order valence-electron chi connectivity index (χ1n) is 25.7. The number of anilines is 3. The molecule has 0 saturated carbocycles. The molecule has 2 saturated heterocycles. The number of para-hydroxylation sites is 1. The lowest BCUT2D eigenvalue weighted by molar-refractivity contribution is -0.149. The molecule has 81 heavy (non-hydrogen) atoms. The Bertz CT molecular complexity index is 3390. The molecule has 3 N–H and O–H groups in total. The highest BCUT2D eigenvalue weighted by molar-refractivity contribution is 8.01. The molecule has 0 radical (unpaired) electrons. The average Bonchev–Trinajstić information content (AvgIpc) is 3.86. The third kappa shape index (κ3) is 14.9. The van der Waals surface area contributed by atoms with Crippen LogP contribution in [0.15, 0.2) is 131 Å². The number of ketones is 1. The number of aryl methyl sites for hydroxylation is 4. The molecule has 2 heterocycles. The van der Waals surface area contributed by atoms with Crippen molar-refractivity contribution in [2.24, 2.45) is 10.4 Å². The van der Waals surface area contributed by atoms with Gasteiger partial charge in [-0.15, -0.1) is 11.8 Å². The number of benzene rings is 6.